The van der Waals surface area contributed by atoms with Crippen LogP contribution in [0.4, 0.5) is 0 Å². The highest BCUT2D eigenvalue weighted by Gasteiger charge is 2.35. The highest BCUT2D eigenvalue weighted by molar-refractivity contribution is 9.11. The van der Waals surface area contributed by atoms with E-state index in [1.807, 2.05) is 0 Å². The van der Waals surface area contributed by atoms with Crippen molar-refractivity contribution in [3.63, 3.8) is 0 Å². The van der Waals surface area contributed by atoms with Gasteiger partial charge in [-0.05, 0) is 40.2 Å². The van der Waals surface area contributed by atoms with Crippen LogP contribution in [0.5, 0.6) is 0 Å². The average molecular weight is 372 g/mol. The van der Waals surface area contributed by atoms with Crippen LogP contribution >= 0.6 is 39.0 Å². The van der Waals surface area contributed by atoms with Gasteiger partial charge in [-0.15, -0.1) is 11.3 Å². The van der Waals surface area contributed by atoms with Gasteiger partial charge in [-0.25, -0.2) is 13.1 Å². The van der Waals surface area contributed by atoms with Crippen molar-refractivity contribution in [2.75, 3.05) is 25.2 Å². The molecule has 0 saturated carbocycles. The Hall–Kier alpha value is 0.400. The predicted molar refractivity (Wildman–Crippen MR) is 78.9 cm³/mol. The first-order valence-electron chi connectivity index (χ1n) is 5.35. The largest absolute Gasteiger partial charge is 0.376 e. The van der Waals surface area contributed by atoms with Crippen molar-refractivity contribution < 1.29 is 13.2 Å². The summed E-state index contributed by atoms with van der Waals surface area (Å²) in [4.78, 5) is 0. The Balaban J connectivity index is 2.05. The van der Waals surface area contributed by atoms with Crippen LogP contribution in [0, 0.1) is 0 Å². The Morgan fingerprint density at radius 3 is 2.83 bits per heavy atom. The summed E-state index contributed by atoms with van der Waals surface area (Å²) in [7, 11) is -1.79. The predicted octanol–water partition coefficient (Wildman–Crippen LogP) is 2.31. The van der Waals surface area contributed by atoms with E-state index in [0.717, 1.165) is 21.7 Å². The monoisotopic (exact) mass is 371 g/mol. The molecular formula is C10H14BrNO3S3. The van der Waals surface area contributed by atoms with Crippen molar-refractivity contribution >= 4 is 49.1 Å². The molecule has 0 spiro atoms. The standard InChI is InChI=1S/C10H14BrNO3S3/c1-15-10(4-5-16-7-10)6-12-18(13,14)9-3-2-8(11)17-9/h2-3,12H,4-7H2,1H3/t10-/m0/s1. The van der Waals surface area contributed by atoms with E-state index < -0.39 is 10.0 Å². The molecule has 4 nitrogen and oxygen atoms in total. The smallest absolute Gasteiger partial charge is 0.250 e. The molecule has 2 heterocycles. The summed E-state index contributed by atoms with van der Waals surface area (Å²) in [6.45, 7) is 0.328. The van der Waals surface area contributed by atoms with Crippen LogP contribution in [0.3, 0.4) is 0 Å². The van der Waals surface area contributed by atoms with Crippen LogP contribution < -0.4 is 4.72 Å². The quantitative estimate of drug-likeness (QED) is 0.862. The van der Waals surface area contributed by atoms with Gasteiger partial charge >= 0.3 is 0 Å². The lowest BCUT2D eigenvalue weighted by atomic mass is 10.0. The highest BCUT2D eigenvalue weighted by Crippen LogP contribution is 2.31. The number of hydrogen-bond donors (Lipinski definition) is 1. The van der Waals surface area contributed by atoms with Crippen molar-refractivity contribution in [2.24, 2.45) is 0 Å². The third-order valence-electron chi connectivity index (χ3n) is 2.90. The fourth-order valence-electron chi connectivity index (χ4n) is 1.70. The normalized spacial score (nSPS) is 24.6. The van der Waals surface area contributed by atoms with Crippen molar-refractivity contribution in [1.29, 1.82) is 0 Å². The van der Waals surface area contributed by atoms with Gasteiger partial charge in [0.1, 0.15) is 4.21 Å². The van der Waals surface area contributed by atoms with Gasteiger partial charge in [-0.2, -0.15) is 11.8 Å². The molecule has 1 N–H and O–H groups in total. The first kappa shape index (κ1) is 14.8. The SMILES string of the molecule is CO[C@]1(CNS(=O)(=O)c2ccc(Br)s2)CCSC1. The Kier molecular flexibility index (Phi) is 4.77. The van der Waals surface area contributed by atoms with Crippen molar-refractivity contribution in [3.05, 3.63) is 15.9 Å². The second-order valence-electron chi connectivity index (χ2n) is 4.07. The molecule has 2 rings (SSSR count). The zero-order valence-electron chi connectivity index (χ0n) is 9.81. The van der Waals surface area contributed by atoms with Crippen molar-refractivity contribution in [2.45, 2.75) is 16.2 Å². The van der Waals surface area contributed by atoms with Gasteiger partial charge in [-0.3, -0.25) is 0 Å². The van der Waals surface area contributed by atoms with E-state index in [4.69, 9.17) is 4.74 Å². The number of hydrogen-bond acceptors (Lipinski definition) is 5. The molecule has 0 bridgehead atoms. The molecule has 1 atom stereocenters. The van der Waals surface area contributed by atoms with Crippen LogP contribution in [-0.2, 0) is 14.8 Å². The lowest BCUT2D eigenvalue weighted by Crippen LogP contribution is -2.44. The topological polar surface area (TPSA) is 55.4 Å². The van der Waals surface area contributed by atoms with Crippen LogP contribution in [-0.4, -0.2) is 39.2 Å². The summed E-state index contributed by atoms with van der Waals surface area (Å²) >= 11 is 6.26. The van der Waals surface area contributed by atoms with E-state index in [0.29, 0.717) is 10.8 Å². The van der Waals surface area contributed by atoms with Gasteiger partial charge in [0.15, 0.2) is 0 Å². The van der Waals surface area contributed by atoms with Gasteiger partial charge in [0.2, 0.25) is 10.0 Å². The van der Waals surface area contributed by atoms with Crippen LogP contribution in [0.1, 0.15) is 6.42 Å². The van der Waals surface area contributed by atoms with Crippen LogP contribution in [0.2, 0.25) is 0 Å². The Bertz CT molecular complexity index is 508. The number of rotatable bonds is 5. The summed E-state index contributed by atoms with van der Waals surface area (Å²) in [5.74, 6) is 1.85. The fraction of sp³-hybridized carbons (Fsp3) is 0.600. The highest BCUT2D eigenvalue weighted by atomic mass is 79.9. The molecule has 102 valence electrons. The van der Waals surface area contributed by atoms with Gasteiger partial charge < -0.3 is 4.74 Å². The van der Waals surface area contributed by atoms with Gasteiger partial charge in [0.05, 0.1) is 9.39 Å². The van der Waals surface area contributed by atoms with E-state index in [1.165, 1.54) is 11.3 Å². The molecule has 0 unspecified atom stereocenters. The molecule has 1 aliphatic heterocycles. The fourth-order valence-corrected chi connectivity index (χ4v) is 6.27. The molecule has 1 aromatic rings. The number of halogens is 1. The number of methoxy groups -OCH3 is 1. The maximum absolute atomic E-state index is 12.1. The molecular weight excluding hydrogens is 358 g/mol. The number of nitrogens with one attached hydrogen (secondary N) is 1. The van der Waals surface area contributed by atoms with E-state index in [-0.39, 0.29) is 5.60 Å². The summed E-state index contributed by atoms with van der Waals surface area (Å²) in [6.07, 6.45) is 0.880. The minimum absolute atomic E-state index is 0.325. The molecule has 1 fully saturated rings. The molecule has 1 aromatic heterocycles. The first-order valence-corrected chi connectivity index (χ1v) is 9.60. The van der Waals surface area contributed by atoms with Gasteiger partial charge in [0, 0.05) is 19.4 Å². The lowest BCUT2D eigenvalue weighted by molar-refractivity contribution is 0.0179. The first-order chi connectivity index (χ1) is 8.47. The minimum atomic E-state index is -3.43. The molecule has 18 heavy (non-hydrogen) atoms. The molecule has 0 aromatic carbocycles. The minimum Gasteiger partial charge on any atom is -0.376 e. The number of thioether (sulfide) groups is 1. The Morgan fingerprint density at radius 1 is 1.56 bits per heavy atom. The maximum atomic E-state index is 12.1. The summed E-state index contributed by atoms with van der Waals surface area (Å²) in [5, 5.41) is 0. The summed E-state index contributed by atoms with van der Waals surface area (Å²) < 4.78 is 33.4. The summed E-state index contributed by atoms with van der Waals surface area (Å²) in [6, 6.07) is 3.33. The third kappa shape index (κ3) is 3.29. The Labute approximate surface area is 124 Å². The number of thiophene rings is 1. The zero-order chi connectivity index (χ0) is 13.2. The number of ether oxygens (including phenoxy) is 1. The van der Waals surface area contributed by atoms with E-state index in [1.54, 1.807) is 31.0 Å². The van der Waals surface area contributed by atoms with Gasteiger partial charge in [0.25, 0.3) is 0 Å². The second-order valence-corrected chi connectivity index (χ2v) is 9.63. The van der Waals surface area contributed by atoms with E-state index >= 15 is 0 Å². The van der Waals surface area contributed by atoms with Gasteiger partial charge in [-0.1, -0.05) is 0 Å². The zero-order valence-corrected chi connectivity index (χ0v) is 13.8. The molecule has 0 radical (unpaired) electrons. The number of sulfonamides is 1. The van der Waals surface area contributed by atoms with Crippen LogP contribution in [0.25, 0.3) is 0 Å². The maximum Gasteiger partial charge on any atom is 0.250 e. The molecule has 1 aliphatic rings. The Morgan fingerprint density at radius 2 is 2.33 bits per heavy atom. The average Bonchev–Trinajstić information content (AvgIpc) is 2.96. The summed E-state index contributed by atoms with van der Waals surface area (Å²) in [5.41, 5.74) is -0.355. The van der Waals surface area contributed by atoms with Crippen molar-refractivity contribution in [3.8, 4) is 0 Å². The van der Waals surface area contributed by atoms with E-state index in [2.05, 4.69) is 20.7 Å². The molecule has 1 saturated heterocycles. The lowest BCUT2D eigenvalue weighted by Gasteiger charge is -2.26. The second kappa shape index (κ2) is 5.80. The van der Waals surface area contributed by atoms with Crippen molar-refractivity contribution in [1.82, 2.24) is 4.72 Å². The molecule has 0 aliphatic carbocycles. The molecule has 8 heteroatoms. The van der Waals surface area contributed by atoms with E-state index in [9.17, 15) is 8.42 Å². The van der Waals surface area contributed by atoms with Crippen LogP contribution in [0.15, 0.2) is 20.1 Å². The third-order valence-corrected chi connectivity index (χ3v) is 7.64. The molecule has 0 amide bonds.